The zero-order chi connectivity index (χ0) is 44.6. The van der Waals surface area contributed by atoms with E-state index in [9.17, 15) is 19.2 Å². The monoisotopic (exact) mass is 898 g/mol. The fraction of sp³-hybridized carbons (Fsp3) is 0.477. The number of nitrogens with one attached hydrogen (secondary N) is 3. The molecule has 4 heterocycles. The first kappa shape index (κ1) is 52.7. The number of ether oxygens (including phenoxy) is 2. The van der Waals surface area contributed by atoms with Gasteiger partial charge in [-0.3, -0.25) is 24.7 Å². The summed E-state index contributed by atoms with van der Waals surface area (Å²) in [6.45, 7) is 11.0. The number of pyridine rings is 1. The second kappa shape index (κ2) is 28.3. The van der Waals surface area contributed by atoms with Gasteiger partial charge in [-0.2, -0.15) is 0 Å². The molecule has 1 fully saturated rings. The highest BCUT2D eigenvalue weighted by Gasteiger charge is 2.27. The van der Waals surface area contributed by atoms with Crippen LogP contribution in [-0.2, 0) is 14.3 Å². The number of methoxy groups -OCH3 is 1. The number of carbonyl (C=O) groups is 4. The van der Waals surface area contributed by atoms with Crippen LogP contribution in [0.5, 0.6) is 0 Å². The number of benzene rings is 2. The zero-order valence-electron chi connectivity index (χ0n) is 36.3. The second-order valence-electron chi connectivity index (χ2n) is 15.3. The van der Waals surface area contributed by atoms with E-state index in [2.05, 4.69) is 37.0 Å². The Hall–Kier alpha value is -5.39. The maximum atomic E-state index is 11.8. The molecule has 3 aliphatic heterocycles. The van der Waals surface area contributed by atoms with E-state index >= 15 is 0 Å². The summed E-state index contributed by atoms with van der Waals surface area (Å²) in [6, 6.07) is 16.8. The van der Waals surface area contributed by atoms with Gasteiger partial charge >= 0.3 is 24.0 Å². The molecule has 16 nitrogen and oxygen atoms in total. The van der Waals surface area contributed by atoms with Crippen molar-refractivity contribution in [1.29, 1.82) is 0 Å². The van der Waals surface area contributed by atoms with Crippen molar-refractivity contribution in [3.63, 3.8) is 0 Å². The number of thioether (sulfide) groups is 1. The molecule has 1 amide bonds. The number of carboxylic acid groups (broad SMARTS) is 2. The molecule has 1 aromatic heterocycles. The van der Waals surface area contributed by atoms with Crippen LogP contribution in [-0.4, -0.2) is 113 Å². The fourth-order valence-electron chi connectivity index (χ4n) is 6.30. The minimum Gasteiger partial charge on any atom is -0.478 e. The molecule has 340 valence electrons. The molecule has 0 radical (unpaired) electrons. The molecule has 3 aromatic rings. The molecule has 1 unspecified atom stereocenters. The molecule has 1 atom stereocenters. The molecule has 3 aliphatic rings. The maximum Gasteiger partial charge on any atom is 0.416 e. The molecular weight excluding hydrogens is 836 g/mol. The Labute approximate surface area is 375 Å². The molecule has 0 aliphatic carbocycles. The van der Waals surface area contributed by atoms with Crippen molar-refractivity contribution in [2.75, 3.05) is 63.7 Å². The number of nitrogens with zero attached hydrogens (tertiary/aromatic N) is 4. The van der Waals surface area contributed by atoms with Crippen molar-refractivity contribution in [2.45, 2.75) is 77.2 Å². The lowest BCUT2D eigenvalue weighted by Gasteiger charge is -2.29. The van der Waals surface area contributed by atoms with Gasteiger partial charge in [0.15, 0.2) is 11.1 Å². The van der Waals surface area contributed by atoms with Crippen molar-refractivity contribution in [1.82, 2.24) is 20.5 Å². The third kappa shape index (κ3) is 20.4. The number of halogens is 1. The topological polar surface area (TPSA) is 230 Å². The maximum absolute atomic E-state index is 11.8. The predicted octanol–water partition coefficient (Wildman–Crippen LogP) is 7.39. The molecule has 7 N–H and O–H groups in total. The van der Waals surface area contributed by atoms with Crippen LogP contribution < -0.4 is 21.7 Å². The number of rotatable bonds is 9. The molecule has 18 heteroatoms. The van der Waals surface area contributed by atoms with E-state index in [-0.39, 0.29) is 41.5 Å². The standard InChI is InChI=1S/C16H24N2O2.C11H13N3O2.C10H18N2O2S.C7H7NO2.ClH/c1-20-16(19)11-14(15-3-2-8-18-12-15)5-4-13-6-9-17-10-7-13;15-10(16)8-3-1-4-9(7-8)14-11-12-5-2-6-13-11;1-10(2,3)14-9(13)12-7-5-6-11-8(12)15-4;8-6-3-1-2-5(4-6)7(9)10;/h2-3,8,12-14,17H,4-7,9-11H2,1H3;1,3-4,7H,2,5-6H2,(H,15,16)(H2,12,13,14);5-7H2,1-4H3;1-4H,8H2,(H,9,10);1H. The van der Waals surface area contributed by atoms with E-state index in [1.165, 1.54) is 50.3 Å². The van der Waals surface area contributed by atoms with Crippen LogP contribution in [0.4, 0.5) is 16.2 Å². The number of piperidine rings is 1. The molecular formula is C44H63ClN8O8S. The number of amidine groups is 1. The Kier molecular flexibility index (Phi) is 24.0. The van der Waals surface area contributed by atoms with Crippen molar-refractivity contribution >= 4 is 70.7 Å². The van der Waals surface area contributed by atoms with E-state index in [1.807, 2.05) is 45.4 Å². The highest BCUT2D eigenvalue weighted by molar-refractivity contribution is 8.13. The molecule has 1 saturated heterocycles. The van der Waals surface area contributed by atoms with Crippen LogP contribution in [0.2, 0.25) is 0 Å². The number of nitrogen functional groups attached to an aromatic ring is 1. The summed E-state index contributed by atoms with van der Waals surface area (Å²) in [5.74, 6) is -0.299. The van der Waals surface area contributed by atoms with E-state index in [4.69, 9.17) is 25.4 Å². The molecule has 62 heavy (non-hydrogen) atoms. The average Bonchev–Trinajstić information content (AvgIpc) is 3.26. The Bertz CT molecular complexity index is 1910. The van der Waals surface area contributed by atoms with E-state index in [0.717, 1.165) is 74.3 Å². The number of carboxylic acids is 2. The summed E-state index contributed by atoms with van der Waals surface area (Å²) in [5, 5.41) is 27.6. The van der Waals surface area contributed by atoms with Gasteiger partial charge in [0.05, 0.1) is 24.7 Å². The molecule has 0 spiro atoms. The fourth-order valence-corrected chi connectivity index (χ4v) is 6.90. The number of hydrogen-bond acceptors (Lipinski definition) is 14. The third-order valence-electron chi connectivity index (χ3n) is 9.40. The third-order valence-corrected chi connectivity index (χ3v) is 10.1. The van der Waals surface area contributed by atoms with Gasteiger partial charge in [-0.1, -0.05) is 30.0 Å². The normalized spacial score (nSPS) is 15.2. The number of aromatic carboxylic acids is 2. The smallest absolute Gasteiger partial charge is 0.416 e. The van der Waals surface area contributed by atoms with Gasteiger partial charge in [0.2, 0.25) is 0 Å². The van der Waals surface area contributed by atoms with Crippen LogP contribution in [0.1, 0.15) is 97.9 Å². The lowest BCUT2D eigenvalue weighted by Crippen LogP contribution is -2.42. The number of carbonyl (C=O) groups excluding carboxylic acids is 2. The molecule has 2 aromatic carbocycles. The Morgan fingerprint density at radius 3 is 2.19 bits per heavy atom. The Morgan fingerprint density at radius 2 is 1.63 bits per heavy atom. The number of guanidine groups is 1. The number of nitrogens with two attached hydrogens (primary N) is 1. The highest BCUT2D eigenvalue weighted by Crippen LogP contribution is 2.29. The summed E-state index contributed by atoms with van der Waals surface area (Å²) in [5.41, 5.74) is 7.72. The lowest BCUT2D eigenvalue weighted by atomic mass is 9.85. The first-order valence-corrected chi connectivity index (χ1v) is 21.7. The number of anilines is 2. The quantitative estimate of drug-likeness (QED) is 0.0909. The highest BCUT2D eigenvalue weighted by atomic mass is 35.5. The van der Waals surface area contributed by atoms with Gasteiger partial charge in [-0.25, -0.2) is 14.4 Å². The van der Waals surface area contributed by atoms with Crippen molar-refractivity contribution in [3.8, 4) is 0 Å². The summed E-state index contributed by atoms with van der Waals surface area (Å²) in [6.07, 6.45) is 12.4. The lowest BCUT2D eigenvalue weighted by molar-refractivity contribution is -0.141. The Balaban J connectivity index is 0.000000290. The van der Waals surface area contributed by atoms with Crippen LogP contribution in [0.3, 0.4) is 0 Å². The summed E-state index contributed by atoms with van der Waals surface area (Å²) in [7, 11) is 1.45. The number of aliphatic imine (C=N–C) groups is 2. The molecule has 0 saturated carbocycles. The second-order valence-corrected chi connectivity index (χ2v) is 16.1. The van der Waals surface area contributed by atoms with E-state index in [1.54, 1.807) is 41.4 Å². The van der Waals surface area contributed by atoms with E-state index < -0.39 is 17.5 Å². The van der Waals surface area contributed by atoms with Crippen LogP contribution in [0, 0.1) is 5.92 Å². The number of aromatic nitrogens is 1. The van der Waals surface area contributed by atoms with Gasteiger partial charge < -0.3 is 41.4 Å². The summed E-state index contributed by atoms with van der Waals surface area (Å²) in [4.78, 5) is 58.8. The van der Waals surface area contributed by atoms with Gasteiger partial charge in [0, 0.05) is 49.9 Å². The van der Waals surface area contributed by atoms with Crippen LogP contribution >= 0.6 is 24.2 Å². The summed E-state index contributed by atoms with van der Waals surface area (Å²) < 4.78 is 10.1. The molecule has 6 rings (SSSR count). The van der Waals surface area contributed by atoms with Gasteiger partial charge in [-0.15, -0.1) is 12.4 Å². The Morgan fingerprint density at radius 1 is 0.952 bits per heavy atom. The number of esters is 1. The van der Waals surface area contributed by atoms with Gasteiger partial charge in [-0.05, 0) is 139 Å². The average molecular weight is 900 g/mol. The van der Waals surface area contributed by atoms with Crippen molar-refractivity contribution in [3.05, 3.63) is 89.7 Å². The van der Waals surface area contributed by atoms with Crippen LogP contribution in [0.25, 0.3) is 0 Å². The minimum atomic E-state index is -0.952. The SMILES string of the molecule is COC(=O)CC(CCC1CCNCC1)c1cccnc1.CSC1=NCCCN1C(=O)OC(C)(C)C.Cl.Nc1cccc(C(=O)O)c1.O=C(O)c1cccc(NC2=NCCCN2)c1. The zero-order valence-corrected chi connectivity index (χ0v) is 37.9. The number of hydrogen-bond donors (Lipinski definition) is 6. The predicted molar refractivity (Wildman–Crippen MR) is 249 cm³/mol. The molecule has 0 bridgehead atoms. The van der Waals surface area contributed by atoms with Gasteiger partial charge in [0.25, 0.3) is 0 Å². The van der Waals surface area contributed by atoms with Crippen molar-refractivity contribution < 1.29 is 38.9 Å². The minimum absolute atomic E-state index is 0. The van der Waals surface area contributed by atoms with Gasteiger partial charge in [0.1, 0.15) is 5.60 Å². The first-order valence-electron chi connectivity index (χ1n) is 20.4. The van der Waals surface area contributed by atoms with Crippen LogP contribution in [0.15, 0.2) is 83.0 Å². The largest absolute Gasteiger partial charge is 0.478 e. The van der Waals surface area contributed by atoms with E-state index in [0.29, 0.717) is 24.6 Å². The summed E-state index contributed by atoms with van der Waals surface area (Å²) >= 11 is 1.48. The number of amides is 1. The van der Waals surface area contributed by atoms with Crippen molar-refractivity contribution in [2.24, 2.45) is 15.9 Å². The first-order chi connectivity index (χ1) is 29.2.